The Morgan fingerprint density at radius 2 is 1.42 bits per heavy atom. The molecule has 1 unspecified atom stereocenters. The van der Waals surface area contributed by atoms with Crippen molar-refractivity contribution < 1.29 is 34.5 Å². The minimum atomic E-state index is -1.56. The predicted molar refractivity (Wildman–Crippen MR) is 107 cm³/mol. The van der Waals surface area contributed by atoms with Gasteiger partial charge in [0, 0.05) is 13.1 Å². The Bertz CT molecular complexity index is 745. The number of hydrogen-bond acceptors (Lipinski definition) is 9. The molecule has 2 aliphatic heterocycles. The van der Waals surface area contributed by atoms with E-state index in [9.17, 15) is 34.5 Å². The van der Waals surface area contributed by atoms with Gasteiger partial charge in [-0.25, -0.2) is 0 Å². The van der Waals surface area contributed by atoms with Gasteiger partial charge >= 0.3 is 0 Å². The maximum absolute atomic E-state index is 13.3. The van der Waals surface area contributed by atoms with Gasteiger partial charge in [-0.2, -0.15) is 0 Å². The lowest BCUT2D eigenvalue weighted by Crippen LogP contribution is -2.84. The zero-order valence-electron chi connectivity index (χ0n) is 17.8. The third-order valence-electron chi connectivity index (χ3n) is 5.93. The Kier molecular flexibility index (Phi) is 7.28. The zero-order chi connectivity index (χ0) is 23.8. The number of primary amides is 1. The highest BCUT2D eigenvalue weighted by Gasteiger charge is 2.63. The van der Waals surface area contributed by atoms with Gasteiger partial charge in [-0.05, 0) is 20.8 Å². The Balaban J connectivity index is 2.38. The number of carbonyl (C=O) groups excluding carboxylic acids is 4. The monoisotopic (exact) mass is 444 g/mol. The highest BCUT2D eigenvalue weighted by molar-refractivity contribution is 6.01. The molecular formula is C18H32N6O7. The zero-order valence-corrected chi connectivity index (χ0v) is 17.8. The molecule has 0 aromatic rings. The molecule has 0 saturated carbocycles. The van der Waals surface area contributed by atoms with Gasteiger partial charge in [-0.3, -0.25) is 19.2 Å². The van der Waals surface area contributed by atoms with Gasteiger partial charge < -0.3 is 47.2 Å². The fourth-order valence-corrected chi connectivity index (χ4v) is 4.02. The molecule has 1 spiro atoms. The molecule has 13 nitrogen and oxygen atoms in total. The van der Waals surface area contributed by atoms with Crippen molar-refractivity contribution in [2.45, 2.75) is 62.7 Å². The quantitative estimate of drug-likeness (QED) is 0.207. The highest BCUT2D eigenvalue weighted by atomic mass is 16.3. The molecule has 2 fully saturated rings. The molecule has 176 valence electrons. The number of nitrogens with two attached hydrogens (primary N) is 3. The van der Waals surface area contributed by atoms with Crippen LogP contribution in [0, 0.1) is 0 Å². The van der Waals surface area contributed by atoms with Crippen LogP contribution in [0.25, 0.3) is 0 Å². The molecule has 7 atom stereocenters. The fourth-order valence-electron chi connectivity index (χ4n) is 4.02. The Labute approximate surface area is 179 Å². The highest BCUT2D eigenvalue weighted by Crippen LogP contribution is 2.36. The second-order valence-corrected chi connectivity index (χ2v) is 8.33. The van der Waals surface area contributed by atoms with E-state index in [-0.39, 0.29) is 26.2 Å². The van der Waals surface area contributed by atoms with Crippen LogP contribution in [0.2, 0.25) is 0 Å². The molecule has 0 bridgehead atoms. The fraction of sp³-hybridized carbons (Fsp3) is 0.778. The average molecular weight is 444 g/mol. The molecule has 0 aliphatic carbocycles. The summed E-state index contributed by atoms with van der Waals surface area (Å²) in [6.07, 6.45) is -3.57. The number of nitrogens with zero attached hydrogens (tertiary/aromatic N) is 3. The summed E-state index contributed by atoms with van der Waals surface area (Å²) in [6.45, 7) is 3.52. The van der Waals surface area contributed by atoms with Gasteiger partial charge in [0.2, 0.25) is 17.7 Å². The number of β-lactam (4-membered cyclic amide) rings is 1. The summed E-state index contributed by atoms with van der Waals surface area (Å²) in [5.74, 6) is -2.90. The Morgan fingerprint density at radius 3 is 1.84 bits per heavy atom. The molecule has 2 aliphatic rings. The first kappa shape index (κ1) is 24.9. The van der Waals surface area contributed by atoms with Crippen molar-refractivity contribution in [3.05, 3.63) is 0 Å². The second kappa shape index (κ2) is 9.04. The van der Waals surface area contributed by atoms with Crippen molar-refractivity contribution in [3.63, 3.8) is 0 Å². The lowest BCUT2D eigenvalue weighted by molar-refractivity contribution is -0.189. The van der Waals surface area contributed by atoms with E-state index in [1.807, 2.05) is 0 Å². The summed E-state index contributed by atoms with van der Waals surface area (Å²) in [7, 11) is 0. The largest absolute Gasteiger partial charge is 0.391 e. The second-order valence-electron chi connectivity index (χ2n) is 8.33. The predicted octanol–water partition coefficient (Wildman–Crippen LogP) is -5.11. The number of aliphatic hydroxyl groups excluding tert-OH is 3. The van der Waals surface area contributed by atoms with Gasteiger partial charge in [0.1, 0.15) is 18.1 Å². The molecule has 0 radical (unpaired) electrons. The van der Waals surface area contributed by atoms with Crippen molar-refractivity contribution in [1.29, 1.82) is 0 Å². The van der Waals surface area contributed by atoms with Crippen LogP contribution < -0.4 is 17.2 Å². The van der Waals surface area contributed by atoms with E-state index in [4.69, 9.17) is 17.2 Å². The van der Waals surface area contributed by atoms with E-state index < -0.39 is 65.6 Å². The summed E-state index contributed by atoms with van der Waals surface area (Å²) in [5.41, 5.74) is 15.3. The van der Waals surface area contributed by atoms with Crippen molar-refractivity contribution in [1.82, 2.24) is 14.7 Å². The number of piperazine rings is 1. The first-order chi connectivity index (χ1) is 14.3. The molecule has 0 aromatic heterocycles. The standard InChI is InChI=1S/C18H32N6O7/c1-8(25)11(19)15(29)22-4-5-24(16(30)12(20)9(2)26)18(6-22)7-23(17(18)31)13(10(3)27)14(21)28/h8-13,25-27H,4-7,19-20H2,1-3H3,(H2,21,28)/t8-,9-,10-,11+,12+,13+,18?/m1/s1. The SMILES string of the molecule is C[C@@H](O)[C@H](N)C(=O)N1CCN(C(=O)[C@@H](N)[C@@H](C)O)C2(C1)CN([C@H](C(N)=O)[C@@H](C)O)C2=O. The third-order valence-corrected chi connectivity index (χ3v) is 5.93. The van der Waals surface area contributed by atoms with Gasteiger partial charge in [0.25, 0.3) is 5.91 Å². The molecule has 0 aromatic carbocycles. The summed E-state index contributed by atoms with van der Waals surface area (Å²) in [4.78, 5) is 54.1. The van der Waals surface area contributed by atoms with Crippen LogP contribution in [0.5, 0.6) is 0 Å². The van der Waals surface area contributed by atoms with Gasteiger partial charge in [-0.1, -0.05) is 0 Å². The van der Waals surface area contributed by atoms with Crippen molar-refractivity contribution in [3.8, 4) is 0 Å². The molecule has 9 N–H and O–H groups in total. The lowest BCUT2D eigenvalue weighted by Gasteiger charge is -2.60. The van der Waals surface area contributed by atoms with Gasteiger partial charge in [-0.15, -0.1) is 0 Å². The summed E-state index contributed by atoms with van der Waals surface area (Å²) in [6, 6.07) is -3.84. The van der Waals surface area contributed by atoms with E-state index in [0.29, 0.717) is 0 Å². The Hall–Kier alpha value is -2.32. The minimum Gasteiger partial charge on any atom is -0.391 e. The van der Waals surface area contributed by atoms with Gasteiger partial charge in [0.15, 0.2) is 5.54 Å². The van der Waals surface area contributed by atoms with Crippen LogP contribution in [0.4, 0.5) is 0 Å². The van der Waals surface area contributed by atoms with E-state index in [0.717, 1.165) is 4.90 Å². The van der Waals surface area contributed by atoms with E-state index in [2.05, 4.69) is 0 Å². The first-order valence-corrected chi connectivity index (χ1v) is 10.0. The van der Waals surface area contributed by atoms with Gasteiger partial charge in [0.05, 0.1) is 31.4 Å². The van der Waals surface area contributed by atoms with Crippen molar-refractivity contribution >= 4 is 23.6 Å². The van der Waals surface area contributed by atoms with E-state index >= 15 is 0 Å². The molecule has 2 heterocycles. The van der Waals surface area contributed by atoms with E-state index in [1.54, 1.807) is 0 Å². The molecule has 4 amide bonds. The number of rotatable bonds is 7. The van der Waals surface area contributed by atoms with Crippen LogP contribution in [0.1, 0.15) is 20.8 Å². The average Bonchev–Trinajstić information content (AvgIpc) is 2.69. The topological polar surface area (TPSA) is 217 Å². The number of likely N-dealkylation sites (tertiary alicyclic amines) is 1. The van der Waals surface area contributed by atoms with Crippen molar-refractivity contribution in [2.75, 3.05) is 26.2 Å². The normalized spacial score (nSPS) is 27.2. The molecule has 13 heteroatoms. The summed E-state index contributed by atoms with van der Waals surface area (Å²) < 4.78 is 0. The van der Waals surface area contributed by atoms with Crippen LogP contribution in [0.3, 0.4) is 0 Å². The number of hydrogen-bond donors (Lipinski definition) is 6. The molecule has 2 saturated heterocycles. The maximum Gasteiger partial charge on any atom is 0.253 e. The number of aliphatic hydroxyl groups is 3. The maximum atomic E-state index is 13.3. The molecule has 2 rings (SSSR count). The minimum absolute atomic E-state index is 0.0300. The number of carbonyl (C=O) groups is 4. The van der Waals surface area contributed by atoms with Crippen LogP contribution >= 0.6 is 0 Å². The van der Waals surface area contributed by atoms with Crippen LogP contribution in [0.15, 0.2) is 0 Å². The molecular weight excluding hydrogens is 412 g/mol. The lowest BCUT2D eigenvalue weighted by atomic mass is 9.81. The van der Waals surface area contributed by atoms with E-state index in [1.165, 1.54) is 30.6 Å². The Morgan fingerprint density at radius 1 is 0.903 bits per heavy atom. The summed E-state index contributed by atoms with van der Waals surface area (Å²) >= 11 is 0. The van der Waals surface area contributed by atoms with Crippen molar-refractivity contribution in [2.24, 2.45) is 17.2 Å². The number of amides is 4. The van der Waals surface area contributed by atoms with Crippen LogP contribution in [-0.2, 0) is 19.2 Å². The first-order valence-electron chi connectivity index (χ1n) is 10.0. The smallest absolute Gasteiger partial charge is 0.253 e. The van der Waals surface area contributed by atoms with Crippen LogP contribution in [-0.4, -0.2) is 122 Å². The summed E-state index contributed by atoms with van der Waals surface area (Å²) in [5, 5.41) is 29.3. The third kappa shape index (κ3) is 4.36. The molecule has 31 heavy (non-hydrogen) atoms.